The summed E-state index contributed by atoms with van der Waals surface area (Å²) in [5.41, 5.74) is 2.50. The van der Waals surface area contributed by atoms with Gasteiger partial charge in [-0.1, -0.05) is 13.8 Å². The molecule has 0 radical (unpaired) electrons. The summed E-state index contributed by atoms with van der Waals surface area (Å²) in [7, 11) is 1.68. The van der Waals surface area contributed by atoms with Gasteiger partial charge >= 0.3 is 0 Å². The van der Waals surface area contributed by atoms with Gasteiger partial charge in [-0.25, -0.2) is 0 Å². The second-order valence-corrected chi connectivity index (χ2v) is 7.81. The van der Waals surface area contributed by atoms with E-state index in [4.69, 9.17) is 4.74 Å². The minimum atomic E-state index is -0.732. The maximum absolute atomic E-state index is 13.1. The first-order chi connectivity index (χ1) is 12.7. The number of nitrogens with zero attached hydrogens (tertiary/aromatic N) is 3. The van der Waals surface area contributed by atoms with Gasteiger partial charge in [-0.3, -0.25) is 9.59 Å². The Balaban J connectivity index is 2.17. The van der Waals surface area contributed by atoms with Crippen molar-refractivity contribution in [2.24, 2.45) is 5.92 Å². The van der Waals surface area contributed by atoms with Crippen LogP contribution in [0.1, 0.15) is 42.0 Å². The molecule has 0 aliphatic carbocycles. The molecular formula is C20H33N3O4. The summed E-state index contributed by atoms with van der Waals surface area (Å²) in [5, 5.41) is 10.3. The minimum absolute atomic E-state index is 0.00988. The van der Waals surface area contributed by atoms with E-state index in [2.05, 4.69) is 4.57 Å². The van der Waals surface area contributed by atoms with E-state index in [0.29, 0.717) is 24.6 Å². The number of rotatable bonds is 7. The van der Waals surface area contributed by atoms with Crippen molar-refractivity contribution < 1.29 is 19.4 Å². The molecule has 2 rings (SSSR count). The third-order valence-corrected chi connectivity index (χ3v) is 4.95. The van der Waals surface area contributed by atoms with E-state index in [1.165, 1.54) is 4.90 Å². The molecule has 0 bridgehead atoms. The summed E-state index contributed by atoms with van der Waals surface area (Å²) in [4.78, 5) is 28.8. The summed E-state index contributed by atoms with van der Waals surface area (Å²) in [6.07, 6.45) is 0.135. The topological polar surface area (TPSA) is 75.0 Å². The Morgan fingerprint density at radius 3 is 2.67 bits per heavy atom. The molecule has 0 saturated carbocycles. The molecule has 1 aromatic heterocycles. The number of aliphatic hydroxyl groups excluding tert-OH is 1. The lowest BCUT2D eigenvalue weighted by molar-refractivity contribution is -0.131. The fourth-order valence-electron chi connectivity index (χ4n) is 3.67. The van der Waals surface area contributed by atoms with Crippen LogP contribution < -0.4 is 0 Å². The van der Waals surface area contributed by atoms with Crippen LogP contribution in [0.4, 0.5) is 0 Å². The lowest BCUT2D eigenvalue weighted by atomic mass is 10.2. The molecule has 0 aromatic carbocycles. The van der Waals surface area contributed by atoms with Gasteiger partial charge in [0.2, 0.25) is 5.91 Å². The predicted octanol–water partition coefficient (Wildman–Crippen LogP) is 1.44. The summed E-state index contributed by atoms with van der Waals surface area (Å²) in [6.45, 7) is 10.5. The number of carbonyl (C=O) groups excluding carboxylic acids is 2. The van der Waals surface area contributed by atoms with Crippen molar-refractivity contribution in [3.05, 3.63) is 23.0 Å². The number of methoxy groups -OCH3 is 1. The highest BCUT2D eigenvalue weighted by Crippen LogP contribution is 2.19. The Labute approximate surface area is 161 Å². The molecule has 1 atom stereocenters. The van der Waals surface area contributed by atoms with Crippen LogP contribution >= 0.6 is 0 Å². The lowest BCUT2D eigenvalue weighted by Crippen LogP contribution is -2.40. The molecule has 1 aliphatic rings. The Bertz CT molecular complexity index is 668. The Morgan fingerprint density at radius 2 is 2.04 bits per heavy atom. The van der Waals surface area contributed by atoms with E-state index >= 15 is 0 Å². The first-order valence-corrected chi connectivity index (χ1v) is 9.65. The number of hydrogen-bond donors (Lipinski definition) is 1. The zero-order chi connectivity index (χ0) is 20.1. The van der Waals surface area contributed by atoms with E-state index in [9.17, 15) is 14.7 Å². The van der Waals surface area contributed by atoms with Gasteiger partial charge in [0.05, 0.1) is 11.7 Å². The van der Waals surface area contributed by atoms with Gasteiger partial charge in [-0.2, -0.15) is 0 Å². The van der Waals surface area contributed by atoms with Gasteiger partial charge in [0.25, 0.3) is 5.91 Å². The summed E-state index contributed by atoms with van der Waals surface area (Å²) >= 11 is 0. The van der Waals surface area contributed by atoms with E-state index in [-0.39, 0.29) is 31.4 Å². The number of aromatic nitrogens is 1. The number of carbonyl (C=O) groups is 2. The highest BCUT2D eigenvalue weighted by atomic mass is 16.5. The van der Waals surface area contributed by atoms with Gasteiger partial charge < -0.3 is 24.2 Å². The molecule has 1 saturated heterocycles. The normalized spacial score (nSPS) is 18.3. The average molecular weight is 380 g/mol. The maximum atomic E-state index is 13.1. The number of aryl methyl sites for hydroxylation is 1. The van der Waals surface area contributed by atoms with Crippen molar-refractivity contribution >= 4 is 11.8 Å². The van der Waals surface area contributed by atoms with E-state index in [1.807, 2.05) is 33.8 Å². The van der Waals surface area contributed by atoms with Gasteiger partial charge in [0.15, 0.2) is 0 Å². The molecule has 7 heteroatoms. The zero-order valence-corrected chi connectivity index (χ0v) is 17.2. The summed E-state index contributed by atoms with van der Waals surface area (Å²) in [6, 6.07) is 1.87. The largest absolute Gasteiger partial charge is 0.389 e. The molecule has 1 aromatic rings. The number of β-amino-alcohol motifs (C(OH)–C–C–N with tert-alkyl or cyclic N) is 1. The fraction of sp³-hybridized carbons (Fsp3) is 0.700. The van der Waals surface area contributed by atoms with Crippen molar-refractivity contribution in [1.29, 1.82) is 0 Å². The van der Waals surface area contributed by atoms with Crippen LogP contribution in [0.15, 0.2) is 6.07 Å². The van der Waals surface area contributed by atoms with E-state index < -0.39 is 6.10 Å². The number of aliphatic hydroxyl groups is 1. The molecule has 0 spiro atoms. The third kappa shape index (κ3) is 5.32. The SMILES string of the molecule is COCCCn1c(C)cc(C(=O)N2CC(=O)N(CC(C)C)CC(O)C2)c1C. The van der Waals surface area contributed by atoms with E-state index in [0.717, 1.165) is 24.4 Å². The Morgan fingerprint density at radius 1 is 1.33 bits per heavy atom. The van der Waals surface area contributed by atoms with Crippen LogP contribution in [-0.4, -0.2) is 77.3 Å². The van der Waals surface area contributed by atoms with Gasteiger partial charge in [0, 0.05) is 51.3 Å². The fourth-order valence-corrected chi connectivity index (χ4v) is 3.67. The second-order valence-electron chi connectivity index (χ2n) is 7.81. The van der Waals surface area contributed by atoms with Crippen LogP contribution in [0, 0.1) is 19.8 Å². The molecule has 27 heavy (non-hydrogen) atoms. The lowest BCUT2D eigenvalue weighted by Gasteiger charge is -2.23. The molecule has 2 amide bonds. The second kappa shape index (κ2) is 9.37. The van der Waals surface area contributed by atoms with Crippen LogP contribution in [0.25, 0.3) is 0 Å². The average Bonchev–Trinajstić information content (AvgIpc) is 2.78. The highest BCUT2D eigenvalue weighted by Gasteiger charge is 2.31. The van der Waals surface area contributed by atoms with E-state index in [1.54, 1.807) is 12.0 Å². The maximum Gasteiger partial charge on any atom is 0.256 e. The van der Waals surface area contributed by atoms with Crippen LogP contribution in [0.2, 0.25) is 0 Å². The molecule has 152 valence electrons. The molecule has 7 nitrogen and oxygen atoms in total. The van der Waals surface area contributed by atoms with Crippen LogP contribution in [0.5, 0.6) is 0 Å². The predicted molar refractivity (Wildman–Crippen MR) is 104 cm³/mol. The quantitative estimate of drug-likeness (QED) is 0.728. The van der Waals surface area contributed by atoms with Gasteiger partial charge in [-0.15, -0.1) is 0 Å². The molecule has 2 heterocycles. The first kappa shape index (κ1) is 21.4. The monoisotopic (exact) mass is 379 g/mol. The van der Waals surface area contributed by atoms with Crippen LogP contribution in [-0.2, 0) is 16.1 Å². The van der Waals surface area contributed by atoms with Crippen molar-refractivity contribution in [2.75, 3.05) is 39.9 Å². The first-order valence-electron chi connectivity index (χ1n) is 9.65. The number of hydrogen-bond acceptors (Lipinski definition) is 4. The van der Waals surface area contributed by atoms with Crippen molar-refractivity contribution in [2.45, 2.75) is 46.8 Å². The molecule has 1 N–H and O–H groups in total. The zero-order valence-electron chi connectivity index (χ0n) is 17.2. The molecule has 1 fully saturated rings. The van der Waals surface area contributed by atoms with Crippen molar-refractivity contribution in [1.82, 2.24) is 14.4 Å². The Hall–Kier alpha value is -1.86. The minimum Gasteiger partial charge on any atom is -0.389 e. The highest BCUT2D eigenvalue weighted by molar-refractivity contribution is 5.98. The van der Waals surface area contributed by atoms with Crippen molar-refractivity contribution in [3.63, 3.8) is 0 Å². The third-order valence-electron chi connectivity index (χ3n) is 4.95. The number of amides is 2. The molecule has 1 aliphatic heterocycles. The number of ether oxygens (including phenoxy) is 1. The van der Waals surface area contributed by atoms with Gasteiger partial charge in [0.1, 0.15) is 6.54 Å². The molecular weight excluding hydrogens is 346 g/mol. The summed E-state index contributed by atoms with van der Waals surface area (Å²) in [5.74, 6) is 0.0109. The molecule has 1 unspecified atom stereocenters. The smallest absolute Gasteiger partial charge is 0.256 e. The summed E-state index contributed by atoms with van der Waals surface area (Å²) < 4.78 is 7.21. The van der Waals surface area contributed by atoms with Crippen LogP contribution in [0.3, 0.4) is 0 Å². The Kier molecular flexibility index (Phi) is 7.44. The standard InChI is InChI=1S/C20H33N3O4/c1-14(2)10-21-11-17(24)12-22(13-19(21)25)20(26)18-9-15(3)23(16(18)4)7-6-8-27-5/h9,14,17,24H,6-8,10-13H2,1-5H3. The van der Waals surface area contributed by atoms with Gasteiger partial charge in [-0.05, 0) is 32.3 Å². The van der Waals surface area contributed by atoms with Crippen molar-refractivity contribution in [3.8, 4) is 0 Å².